The molecule has 3 rings (SSSR count). The molecule has 0 bridgehead atoms. The van der Waals surface area contributed by atoms with Crippen LogP contribution >= 0.6 is 11.6 Å². The molecule has 2 aliphatic heterocycles. The summed E-state index contributed by atoms with van der Waals surface area (Å²) in [7, 11) is 0. The Bertz CT molecular complexity index is 529. The van der Waals surface area contributed by atoms with Crippen LogP contribution in [0.3, 0.4) is 0 Å². The molecule has 3 nitrogen and oxygen atoms in total. The Balaban J connectivity index is 1.76. The zero-order chi connectivity index (χ0) is 14.9. The quantitative estimate of drug-likeness (QED) is 0.779. The van der Waals surface area contributed by atoms with E-state index < -0.39 is 0 Å². The van der Waals surface area contributed by atoms with E-state index in [-0.39, 0.29) is 17.3 Å². The number of aryl methyl sites for hydroxylation is 1. The van der Waals surface area contributed by atoms with Crippen LogP contribution in [0.2, 0.25) is 5.02 Å². The molecule has 1 atom stereocenters. The Morgan fingerprint density at radius 2 is 2.05 bits per heavy atom. The number of ether oxygens (including phenoxy) is 2. The monoisotopic (exact) mass is 308 g/mol. The van der Waals surface area contributed by atoms with Crippen LogP contribution in [-0.2, 0) is 9.47 Å². The fourth-order valence-corrected chi connectivity index (χ4v) is 3.49. The summed E-state index contributed by atoms with van der Waals surface area (Å²) in [6.07, 6.45) is 3.42. The van der Waals surface area contributed by atoms with Crippen LogP contribution in [0.1, 0.15) is 41.6 Å². The highest BCUT2D eigenvalue weighted by Crippen LogP contribution is 2.38. The lowest BCUT2D eigenvalue weighted by Gasteiger charge is -2.42. The first kappa shape index (κ1) is 15.0. The fraction of sp³-hybridized carbons (Fsp3) is 0.588. The lowest BCUT2D eigenvalue weighted by molar-refractivity contribution is -0.142. The maximum Gasteiger partial charge on any atom is 0.166 e. The van der Waals surface area contributed by atoms with Crippen LogP contribution in [-0.4, -0.2) is 31.2 Å². The van der Waals surface area contributed by atoms with Crippen LogP contribution in [0.4, 0.5) is 0 Å². The zero-order valence-corrected chi connectivity index (χ0v) is 13.1. The van der Waals surface area contributed by atoms with Gasteiger partial charge in [0.25, 0.3) is 0 Å². The minimum atomic E-state index is -0.141. The maximum atomic E-state index is 12.8. The van der Waals surface area contributed by atoms with Gasteiger partial charge in [0.15, 0.2) is 5.78 Å². The van der Waals surface area contributed by atoms with E-state index >= 15 is 0 Å². The van der Waals surface area contributed by atoms with Gasteiger partial charge in [-0.2, -0.15) is 0 Å². The minimum absolute atomic E-state index is 0.0532. The predicted molar refractivity (Wildman–Crippen MR) is 82.0 cm³/mol. The normalized spacial score (nSPS) is 25.0. The maximum absolute atomic E-state index is 12.8. The molecule has 0 aromatic heterocycles. The SMILES string of the molecule is Cc1cc(C(=O)C2CCOC3(CCOCC3)C2)ccc1Cl. The molecule has 0 radical (unpaired) electrons. The van der Waals surface area contributed by atoms with Crippen LogP contribution in [0.25, 0.3) is 0 Å². The predicted octanol–water partition coefficient (Wildman–Crippen LogP) is 3.81. The third-order valence-corrected chi connectivity index (χ3v) is 5.13. The highest BCUT2D eigenvalue weighted by Gasteiger charge is 2.41. The van der Waals surface area contributed by atoms with Crippen LogP contribution in [0, 0.1) is 12.8 Å². The molecule has 1 aromatic rings. The van der Waals surface area contributed by atoms with Crippen molar-refractivity contribution in [2.45, 2.75) is 38.2 Å². The summed E-state index contributed by atoms with van der Waals surface area (Å²) in [6.45, 7) is 4.08. The molecule has 4 heteroatoms. The lowest BCUT2D eigenvalue weighted by atomic mass is 9.78. The molecule has 0 aliphatic carbocycles. The van der Waals surface area contributed by atoms with Crippen molar-refractivity contribution in [2.75, 3.05) is 19.8 Å². The second-order valence-electron chi connectivity index (χ2n) is 6.16. The second kappa shape index (κ2) is 6.07. The summed E-state index contributed by atoms with van der Waals surface area (Å²) in [5, 5.41) is 0.708. The lowest BCUT2D eigenvalue weighted by Crippen LogP contribution is -2.45. The third kappa shape index (κ3) is 3.15. The van der Waals surface area contributed by atoms with E-state index in [2.05, 4.69) is 0 Å². The van der Waals surface area contributed by atoms with Gasteiger partial charge >= 0.3 is 0 Å². The van der Waals surface area contributed by atoms with Crippen molar-refractivity contribution in [1.82, 2.24) is 0 Å². The molecule has 0 N–H and O–H groups in total. The molecule has 21 heavy (non-hydrogen) atoms. The molecule has 2 heterocycles. The molecule has 1 unspecified atom stereocenters. The Morgan fingerprint density at radius 3 is 2.76 bits per heavy atom. The van der Waals surface area contributed by atoms with E-state index in [0.29, 0.717) is 11.6 Å². The average molecular weight is 309 g/mol. The highest BCUT2D eigenvalue weighted by molar-refractivity contribution is 6.31. The number of carbonyl (C=O) groups is 1. The largest absolute Gasteiger partial charge is 0.381 e. The van der Waals surface area contributed by atoms with Crippen molar-refractivity contribution >= 4 is 17.4 Å². The van der Waals surface area contributed by atoms with Crippen molar-refractivity contribution in [3.8, 4) is 0 Å². The van der Waals surface area contributed by atoms with Crippen molar-refractivity contribution in [3.63, 3.8) is 0 Å². The van der Waals surface area contributed by atoms with Gasteiger partial charge in [-0.25, -0.2) is 0 Å². The molecular formula is C17H21ClO3. The summed E-state index contributed by atoms with van der Waals surface area (Å²) >= 11 is 6.04. The summed E-state index contributed by atoms with van der Waals surface area (Å²) in [5.74, 6) is 0.279. The molecule has 0 amide bonds. The van der Waals surface area contributed by atoms with E-state index in [0.717, 1.165) is 50.0 Å². The van der Waals surface area contributed by atoms with Gasteiger partial charge in [0.1, 0.15) is 0 Å². The molecule has 0 saturated carbocycles. The molecule has 114 valence electrons. The Morgan fingerprint density at radius 1 is 1.29 bits per heavy atom. The van der Waals surface area contributed by atoms with E-state index in [4.69, 9.17) is 21.1 Å². The second-order valence-corrected chi connectivity index (χ2v) is 6.57. The first-order valence-corrected chi connectivity index (χ1v) is 8.00. The van der Waals surface area contributed by atoms with E-state index in [1.165, 1.54) is 0 Å². The molecule has 2 fully saturated rings. The topological polar surface area (TPSA) is 35.5 Å². The van der Waals surface area contributed by atoms with Gasteiger partial charge in [-0.3, -0.25) is 4.79 Å². The Labute approximate surface area is 130 Å². The van der Waals surface area contributed by atoms with Gasteiger partial charge in [-0.15, -0.1) is 0 Å². The van der Waals surface area contributed by atoms with E-state index in [9.17, 15) is 4.79 Å². The summed E-state index contributed by atoms with van der Waals surface area (Å²) in [4.78, 5) is 12.8. The van der Waals surface area contributed by atoms with Gasteiger partial charge in [-0.1, -0.05) is 11.6 Å². The Hall–Kier alpha value is -0.900. The van der Waals surface area contributed by atoms with Crippen LogP contribution < -0.4 is 0 Å². The van der Waals surface area contributed by atoms with Crippen molar-refractivity contribution in [1.29, 1.82) is 0 Å². The molecule has 1 aromatic carbocycles. The van der Waals surface area contributed by atoms with Crippen molar-refractivity contribution in [2.24, 2.45) is 5.92 Å². The third-order valence-electron chi connectivity index (χ3n) is 4.71. The van der Waals surface area contributed by atoms with Crippen molar-refractivity contribution < 1.29 is 14.3 Å². The number of halogens is 1. The fourth-order valence-electron chi connectivity index (χ4n) is 3.38. The van der Waals surface area contributed by atoms with Gasteiger partial charge in [0, 0.05) is 36.3 Å². The summed E-state index contributed by atoms with van der Waals surface area (Å²) < 4.78 is 11.4. The standard InChI is InChI=1S/C17H21ClO3/c1-12-10-13(2-3-15(12)18)16(19)14-4-7-21-17(11-14)5-8-20-9-6-17/h2-3,10,14H,4-9,11H2,1H3. The smallest absolute Gasteiger partial charge is 0.166 e. The number of hydrogen-bond donors (Lipinski definition) is 0. The number of hydrogen-bond acceptors (Lipinski definition) is 3. The van der Waals surface area contributed by atoms with Crippen LogP contribution in [0.15, 0.2) is 18.2 Å². The highest BCUT2D eigenvalue weighted by atomic mass is 35.5. The molecule has 1 spiro atoms. The molecular weight excluding hydrogens is 288 g/mol. The first-order valence-electron chi connectivity index (χ1n) is 7.62. The minimum Gasteiger partial charge on any atom is -0.381 e. The number of benzene rings is 1. The van der Waals surface area contributed by atoms with Crippen molar-refractivity contribution in [3.05, 3.63) is 34.3 Å². The Kier molecular flexibility index (Phi) is 4.34. The van der Waals surface area contributed by atoms with Gasteiger partial charge in [-0.05, 0) is 56.4 Å². The number of rotatable bonds is 2. The number of Topliss-reactive ketones (excluding diaryl/α,β-unsaturated/α-hetero) is 1. The van der Waals surface area contributed by atoms with Gasteiger partial charge < -0.3 is 9.47 Å². The van der Waals surface area contributed by atoms with E-state index in [1.807, 2.05) is 25.1 Å². The summed E-state index contributed by atoms with van der Waals surface area (Å²) in [5.41, 5.74) is 1.58. The zero-order valence-electron chi connectivity index (χ0n) is 12.4. The first-order chi connectivity index (χ1) is 10.1. The summed E-state index contributed by atoms with van der Waals surface area (Å²) in [6, 6.07) is 5.55. The molecule has 2 saturated heterocycles. The van der Waals surface area contributed by atoms with Gasteiger partial charge in [0.2, 0.25) is 0 Å². The average Bonchev–Trinajstić information content (AvgIpc) is 2.50. The van der Waals surface area contributed by atoms with E-state index in [1.54, 1.807) is 0 Å². The van der Waals surface area contributed by atoms with Crippen LogP contribution in [0.5, 0.6) is 0 Å². The number of ketones is 1. The van der Waals surface area contributed by atoms with Gasteiger partial charge in [0.05, 0.1) is 5.60 Å². The number of carbonyl (C=O) groups excluding carboxylic acids is 1. The molecule has 2 aliphatic rings.